The molecule has 0 saturated carbocycles. The van der Waals surface area contributed by atoms with Crippen molar-refractivity contribution in [3.63, 3.8) is 0 Å². The number of allylic oxidation sites excluding steroid dienone is 1. The van der Waals surface area contributed by atoms with Crippen LogP contribution in [-0.4, -0.2) is 0 Å². The van der Waals surface area contributed by atoms with E-state index in [1.165, 1.54) is 65.0 Å². The number of fused-ring (bicyclic) bond motifs is 2. The van der Waals surface area contributed by atoms with Crippen LogP contribution in [-0.2, 0) is 0 Å². The van der Waals surface area contributed by atoms with Crippen molar-refractivity contribution in [1.29, 1.82) is 0 Å². The summed E-state index contributed by atoms with van der Waals surface area (Å²) in [4.78, 5) is 0. The van der Waals surface area contributed by atoms with Gasteiger partial charge in [-0.1, -0.05) is 66.7 Å². The predicted octanol–water partition coefficient (Wildman–Crippen LogP) is 7.75. The minimum atomic E-state index is 0.478. The molecule has 1 atom stereocenters. The zero-order valence-electron chi connectivity index (χ0n) is 15.3. The lowest BCUT2D eigenvalue weighted by Gasteiger charge is -2.32. The molecule has 0 heterocycles. The van der Waals surface area contributed by atoms with Crippen LogP contribution >= 0.6 is 0 Å². The number of hydrogen-bond acceptors (Lipinski definition) is 0. The summed E-state index contributed by atoms with van der Waals surface area (Å²) in [5.41, 5.74) is 4.49. The maximum atomic E-state index is 2.42. The lowest BCUT2D eigenvalue weighted by Crippen LogP contribution is -2.11. The normalized spacial score (nSPS) is 17.4. The van der Waals surface area contributed by atoms with E-state index >= 15 is 0 Å². The van der Waals surface area contributed by atoms with Crippen LogP contribution in [0.5, 0.6) is 0 Å². The molecule has 0 fully saturated rings. The summed E-state index contributed by atoms with van der Waals surface area (Å²) >= 11 is 0. The van der Waals surface area contributed by atoms with E-state index in [2.05, 4.69) is 78.9 Å². The average molecular weight is 352 g/mol. The van der Waals surface area contributed by atoms with Crippen LogP contribution in [0.25, 0.3) is 59.9 Å². The fraction of sp³-hybridized carbons (Fsp3) is 0.0714. The Morgan fingerprint density at radius 3 is 2.11 bits per heavy atom. The first-order valence-electron chi connectivity index (χ1n) is 10.2. The zero-order chi connectivity index (χ0) is 18.0. The largest absolute Gasteiger partial charge is 0.0830 e. The molecule has 6 aromatic carbocycles. The van der Waals surface area contributed by atoms with E-state index in [0.29, 0.717) is 5.92 Å². The van der Waals surface area contributed by atoms with Crippen molar-refractivity contribution in [1.82, 2.24) is 0 Å². The van der Waals surface area contributed by atoms with Crippen LogP contribution in [0.1, 0.15) is 29.0 Å². The SMILES string of the molecule is C1=Cc2cc3cccc4c5cccc6cc7cccc8c7c(c(c2C8C1)c34)c65. The van der Waals surface area contributed by atoms with Gasteiger partial charge >= 0.3 is 0 Å². The van der Waals surface area contributed by atoms with Crippen LogP contribution in [0, 0.1) is 0 Å². The summed E-state index contributed by atoms with van der Waals surface area (Å²) in [5, 5.41) is 14.3. The van der Waals surface area contributed by atoms with E-state index in [1.807, 2.05) is 0 Å². The highest BCUT2D eigenvalue weighted by Crippen LogP contribution is 2.54. The molecule has 0 bridgehead atoms. The van der Waals surface area contributed by atoms with Gasteiger partial charge in [0.05, 0.1) is 0 Å². The quantitative estimate of drug-likeness (QED) is 0.194. The Morgan fingerprint density at radius 1 is 0.607 bits per heavy atom. The van der Waals surface area contributed by atoms with Gasteiger partial charge in [-0.2, -0.15) is 0 Å². The van der Waals surface area contributed by atoms with Gasteiger partial charge < -0.3 is 0 Å². The van der Waals surface area contributed by atoms with E-state index in [-0.39, 0.29) is 0 Å². The Labute approximate surface area is 162 Å². The van der Waals surface area contributed by atoms with Crippen molar-refractivity contribution in [2.75, 3.05) is 0 Å². The summed E-state index contributed by atoms with van der Waals surface area (Å²) < 4.78 is 0. The van der Waals surface area contributed by atoms with Crippen LogP contribution in [0.4, 0.5) is 0 Å². The van der Waals surface area contributed by atoms with Gasteiger partial charge in [-0.25, -0.2) is 0 Å². The van der Waals surface area contributed by atoms with Gasteiger partial charge in [0.25, 0.3) is 0 Å². The molecule has 8 rings (SSSR count). The van der Waals surface area contributed by atoms with Crippen LogP contribution in [0.15, 0.2) is 72.8 Å². The summed E-state index contributed by atoms with van der Waals surface area (Å²) in [7, 11) is 0. The fourth-order valence-corrected chi connectivity index (χ4v) is 6.25. The first-order valence-corrected chi connectivity index (χ1v) is 10.2. The maximum Gasteiger partial charge on any atom is 0.0143 e. The standard InChI is InChI=1S/C28H16/c1-5-15-13-16-6-3-11-21-22-12-4-8-18-14-17-7-2-10-20-19(9-1)23(15)27(25(16)21)28(24(17)20)26(18)22/h1-11,13-14,22H,12H2. The summed E-state index contributed by atoms with van der Waals surface area (Å²) in [6, 6.07) is 25.4. The second-order valence-electron chi connectivity index (χ2n) is 8.45. The molecular formula is C28H16. The molecule has 0 aromatic heterocycles. The minimum absolute atomic E-state index is 0.478. The third kappa shape index (κ3) is 1.35. The van der Waals surface area contributed by atoms with Crippen molar-refractivity contribution in [3.05, 3.63) is 89.5 Å². The van der Waals surface area contributed by atoms with E-state index in [1.54, 1.807) is 5.56 Å². The minimum Gasteiger partial charge on any atom is -0.0830 e. The maximum absolute atomic E-state index is 2.42. The molecule has 0 aliphatic heterocycles. The van der Waals surface area contributed by atoms with Crippen molar-refractivity contribution >= 4 is 59.9 Å². The predicted molar refractivity (Wildman–Crippen MR) is 121 cm³/mol. The molecule has 2 aliphatic carbocycles. The van der Waals surface area contributed by atoms with Crippen molar-refractivity contribution < 1.29 is 0 Å². The highest BCUT2D eigenvalue weighted by Gasteiger charge is 2.31. The second-order valence-corrected chi connectivity index (χ2v) is 8.45. The molecule has 1 unspecified atom stereocenters. The van der Waals surface area contributed by atoms with Crippen molar-refractivity contribution in [3.8, 4) is 0 Å². The van der Waals surface area contributed by atoms with Gasteiger partial charge in [-0.3, -0.25) is 0 Å². The molecule has 0 spiro atoms. The average Bonchev–Trinajstić information content (AvgIpc) is 2.74. The summed E-state index contributed by atoms with van der Waals surface area (Å²) in [6.45, 7) is 0. The van der Waals surface area contributed by atoms with Gasteiger partial charge in [0, 0.05) is 5.92 Å². The van der Waals surface area contributed by atoms with Crippen LogP contribution in [0.3, 0.4) is 0 Å². The molecule has 0 nitrogen and oxygen atoms in total. The molecule has 0 heteroatoms. The first-order chi connectivity index (χ1) is 13.9. The lowest BCUT2D eigenvalue weighted by molar-refractivity contribution is 0.834. The first kappa shape index (κ1) is 13.7. The second kappa shape index (κ2) is 4.36. The summed E-state index contributed by atoms with van der Waals surface area (Å²) in [5.74, 6) is 0.478. The molecule has 0 N–H and O–H groups in total. The Morgan fingerprint density at radius 2 is 1.29 bits per heavy atom. The number of benzene rings is 6. The smallest absolute Gasteiger partial charge is 0.0143 e. The van der Waals surface area contributed by atoms with E-state index < -0.39 is 0 Å². The van der Waals surface area contributed by atoms with E-state index in [4.69, 9.17) is 0 Å². The highest BCUT2D eigenvalue weighted by molar-refractivity contribution is 6.40. The van der Waals surface area contributed by atoms with E-state index in [0.717, 1.165) is 6.42 Å². The van der Waals surface area contributed by atoms with Crippen molar-refractivity contribution in [2.45, 2.75) is 12.3 Å². The molecule has 6 aromatic rings. The number of rotatable bonds is 0. The lowest BCUT2D eigenvalue weighted by atomic mass is 9.71. The molecule has 0 saturated heterocycles. The third-order valence-corrected chi connectivity index (χ3v) is 7.21. The van der Waals surface area contributed by atoms with Gasteiger partial charge in [-0.05, 0) is 89.1 Å². The Kier molecular flexibility index (Phi) is 2.14. The Bertz CT molecular complexity index is 1680. The fourth-order valence-electron chi connectivity index (χ4n) is 6.25. The molecule has 0 radical (unpaired) electrons. The molecule has 0 amide bonds. The van der Waals surface area contributed by atoms with Gasteiger partial charge in [0.2, 0.25) is 0 Å². The monoisotopic (exact) mass is 352 g/mol. The Hall–Kier alpha value is -3.38. The molecule has 2 aliphatic rings. The van der Waals surface area contributed by atoms with E-state index in [9.17, 15) is 0 Å². The third-order valence-electron chi connectivity index (χ3n) is 7.21. The highest BCUT2D eigenvalue weighted by atomic mass is 14.3. The topological polar surface area (TPSA) is 0 Å². The Balaban J connectivity index is 1.90. The number of hydrogen-bond donors (Lipinski definition) is 0. The molecule has 128 valence electrons. The zero-order valence-corrected chi connectivity index (χ0v) is 15.3. The van der Waals surface area contributed by atoms with Gasteiger partial charge in [0.1, 0.15) is 0 Å². The van der Waals surface area contributed by atoms with Crippen LogP contribution < -0.4 is 0 Å². The molecular weight excluding hydrogens is 336 g/mol. The summed E-state index contributed by atoms with van der Waals surface area (Å²) in [6.07, 6.45) is 5.82. The van der Waals surface area contributed by atoms with Gasteiger partial charge in [-0.15, -0.1) is 0 Å². The molecule has 28 heavy (non-hydrogen) atoms. The van der Waals surface area contributed by atoms with Gasteiger partial charge in [0.15, 0.2) is 0 Å². The van der Waals surface area contributed by atoms with Crippen molar-refractivity contribution in [2.24, 2.45) is 0 Å². The van der Waals surface area contributed by atoms with Crippen LogP contribution in [0.2, 0.25) is 0 Å².